The first-order valence-corrected chi connectivity index (χ1v) is 5.99. The van der Waals surface area contributed by atoms with Crippen molar-refractivity contribution in [3.05, 3.63) is 21.9 Å². The summed E-state index contributed by atoms with van der Waals surface area (Å²) in [6, 6.07) is 3.86. The number of hydrogen-bond acceptors (Lipinski definition) is 4. The Kier molecular flexibility index (Phi) is 3.41. The van der Waals surface area contributed by atoms with Gasteiger partial charge in [0.1, 0.15) is 6.10 Å². The molecule has 2 N–H and O–H groups in total. The van der Waals surface area contributed by atoms with E-state index in [1.807, 2.05) is 12.1 Å². The van der Waals surface area contributed by atoms with Gasteiger partial charge in [-0.3, -0.25) is 0 Å². The van der Waals surface area contributed by atoms with E-state index >= 15 is 0 Å². The third-order valence-electron chi connectivity index (χ3n) is 2.78. The van der Waals surface area contributed by atoms with Crippen molar-refractivity contribution in [2.24, 2.45) is 5.92 Å². The van der Waals surface area contributed by atoms with Gasteiger partial charge in [0.05, 0.1) is 12.7 Å². The Bertz CT molecular complexity index is 299. The fourth-order valence-corrected chi connectivity index (χ4v) is 2.79. The van der Waals surface area contributed by atoms with Crippen LogP contribution in [0, 0.1) is 5.92 Å². The minimum Gasteiger partial charge on any atom is -0.393 e. The highest BCUT2D eigenvalue weighted by Gasteiger charge is 2.31. The molecule has 3 nitrogen and oxygen atoms in total. The van der Waals surface area contributed by atoms with Crippen molar-refractivity contribution in [3.8, 4) is 0 Å². The Morgan fingerprint density at radius 3 is 2.67 bits per heavy atom. The van der Waals surface area contributed by atoms with Crippen molar-refractivity contribution in [2.75, 3.05) is 13.7 Å². The number of ether oxygens (including phenoxy) is 1. The normalized spacial score (nSPS) is 20.2. The Morgan fingerprint density at radius 1 is 1.47 bits per heavy atom. The molecule has 0 saturated heterocycles. The zero-order valence-corrected chi connectivity index (χ0v) is 9.54. The predicted molar refractivity (Wildman–Crippen MR) is 58.8 cm³/mol. The number of hydrogen-bond donors (Lipinski definition) is 2. The molecule has 1 aromatic rings. The van der Waals surface area contributed by atoms with Crippen LogP contribution < -0.4 is 0 Å². The zero-order valence-electron chi connectivity index (χ0n) is 8.72. The van der Waals surface area contributed by atoms with Gasteiger partial charge in [-0.15, -0.1) is 11.3 Å². The van der Waals surface area contributed by atoms with Gasteiger partial charge >= 0.3 is 0 Å². The molecule has 0 bridgehead atoms. The Morgan fingerprint density at radius 2 is 2.13 bits per heavy atom. The van der Waals surface area contributed by atoms with Gasteiger partial charge in [-0.1, -0.05) is 0 Å². The van der Waals surface area contributed by atoms with E-state index < -0.39 is 0 Å². The van der Waals surface area contributed by atoms with Crippen LogP contribution in [0.5, 0.6) is 0 Å². The summed E-state index contributed by atoms with van der Waals surface area (Å²) < 4.78 is 5.13. The molecule has 84 valence electrons. The Labute approximate surface area is 93.3 Å². The third kappa shape index (κ3) is 2.39. The van der Waals surface area contributed by atoms with Crippen molar-refractivity contribution >= 4 is 11.3 Å². The molecule has 1 fully saturated rings. The molecule has 0 aliphatic heterocycles. The van der Waals surface area contributed by atoms with Crippen LogP contribution >= 0.6 is 11.3 Å². The largest absolute Gasteiger partial charge is 0.393 e. The summed E-state index contributed by atoms with van der Waals surface area (Å²) in [4.78, 5) is 1.97. The minimum atomic E-state index is -0.319. The highest BCUT2D eigenvalue weighted by Crippen LogP contribution is 2.43. The summed E-state index contributed by atoms with van der Waals surface area (Å²) in [5.41, 5.74) is 0. The van der Waals surface area contributed by atoms with Gasteiger partial charge in [-0.25, -0.2) is 0 Å². The molecule has 1 saturated carbocycles. The van der Waals surface area contributed by atoms with Crippen molar-refractivity contribution < 1.29 is 14.9 Å². The van der Waals surface area contributed by atoms with E-state index in [0.29, 0.717) is 5.92 Å². The first kappa shape index (κ1) is 11.1. The Balaban J connectivity index is 2.08. The van der Waals surface area contributed by atoms with Crippen LogP contribution in [0.15, 0.2) is 12.1 Å². The van der Waals surface area contributed by atoms with Gasteiger partial charge in [-0.05, 0) is 30.9 Å². The van der Waals surface area contributed by atoms with Crippen molar-refractivity contribution in [2.45, 2.75) is 25.0 Å². The zero-order chi connectivity index (χ0) is 10.8. The van der Waals surface area contributed by atoms with Crippen molar-refractivity contribution in [3.63, 3.8) is 0 Å². The molecule has 4 heteroatoms. The summed E-state index contributed by atoms with van der Waals surface area (Å²) in [7, 11) is 1.58. The van der Waals surface area contributed by atoms with Crippen LogP contribution in [0.1, 0.15) is 34.8 Å². The van der Waals surface area contributed by atoms with E-state index in [1.54, 1.807) is 7.11 Å². The van der Waals surface area contributed by atoms with Gasteiger partial charge in [0.25, 0.3) is 0 Å². The SMILES string of the molecule is COC(CO)c1ccc(C(O)C2CC2)s1. The van der Waals surface area contributed by atoms with E-state index in [9.17, 15) is 5.11 Å². The van der Waals surface area contributed by atoms with Gasteiger partial charge in [0.2, 0.25) is 0 Å². The second-order valence-corrected chi connectivity index (χ2v) is 5.08. The van der Waals surface area contributed by atoms with E-state index in [2.05, 4.69) is 0 Å². The maximum atomic E-state index is 9.91. The molecule has 0 aromatic carbocycles. The highest BCUT2D eigenvalue weighted by molar-refractivity contribution is 7.12. The summed E-state index contributed by atoms with van der Waals surface area (Å²) >= 11 is 1.53. The fraction of sp³-hybridized carbons (Fsp3) is 0.636. The van der Waals surface area contributed by atoms with Crippen LogP contribution in [0.4, 0.5) is 0 Å². The fourth-order valence-electron chi connectivity index (χ4n) is 1.63. The highest BCUT2D eigenvalue weighted by atomic mass is 32.1. The number of aliphatic hydroxyl groups is 2. The quantitative estimate of drug-likeness (QED) is 0.809. The minimum absolute atomic E-state index is 0.0179. The van der Waals surface area contributed by atoms with Crippen LogP contribution in [-0.2, 0) is 4.74 Å². The van der Waals surface area contributed by atoms with Crippen molar-refractivity contribution in [1.29, 1.82) is 0 Å². The number of rotatable bonds is 5. The van der Waals surface area contributed by atoms with E-state index in [4.69, 9.17) is 9.84 Å². The van der Waals surface area contributed by atoms with Crippen LogP contribution in [0.3, 0.4) is 0 Å². The molecular weight excluding hydrogens is 212 g/mol. The molecule has 0 spiro atoms. The Hall–Kier alpha value is -0.420. The first-order valence-electron chi connectivity index (χ1n) is 5.17. The molecule has 1 aromatic heterocycles. The van der Waals surface area contributed by atoms with Gasteiger partial charge < -0.3 is 14.9 Å². The second-order valence-electron chi connectivity index (χ2n) is 3.93. The van der Waals surface area contributed by atoms with Gasteiger partial charge in [-0.2, -0.15) is 0 Å². The third-order valence-corrected chi connectivity index (χ3v) is 4.02. The smallest absolute Gasteiger partial charge is 0.114 e. The van der Waals surface area contributed by atoms with E-state index in [-0.39, 0.29) is 18.8 Å². The summed E-state index contributed by atoms with van der Waals surface area (Å²) in [5, 5.41) is 19.0. The van der Waals surface area contributed by atoms with E-state index in [1.165, 1.54) is 11.3 Å². The second kappa shape index (κ2) is 4.61. The molecular formula is C11H16O3S. The standard InChI is InChI=1S/C11H16O3S/c1-14-8(6-12)9-4-5-10(15-9)11(13)7-2-3-7/h4-5,7-8,11-13H,2-3,6H2,1H3. The van der Waals surface area contributed by atoms with Crippen LogP contribution in [0.2, 0.25) is 0 Å². The lowest BCUT2D eigenvalue weighted by Crippen LogP contribution is -2.03. The summed E-state index contributed by atoms with van der Waals surface area (Å²) in [6.45, 7) is -0.0179. The lowest BCUT2D eigenvalue weighted by Gasteiger charge is -2.09. The van der Waals surface area contributed by atoms with Crippen molar-refractivity contribution in [1.82, 2.24) is 0 Å². The average Bonchev–Trinajstić information content (AvgIpc) is 2.99. The number of methoxy groups -OCH3 is 1. The average molecular weight is 228 g/mol. The number of aliphatic hydroxyl groups excluding tert-OH is 2. The summed E-state index contributed by atoms with van der Waals surface area (Å²) in [6.07, 6.45) is 1.68. The molecule has 2 atom stereocenters. The predicted octanol–water partition coefficient (Wildman–Crippen LogP) is 1.87. The molecule has 15 heavy (non-hydrogen) atoms. The van der Waals surface area contributed by atoms with E-state index in [0.717, 1.165) is 22.6 Å². The monoisotopic (exact) mass is 228 g/mol. The first-order chi connectivity index (χ1) is 7.26. The van der Waals surface area contributed by atoms with Crippen LogP contribution in [0.25, 0.3) is 0 Å². The lowest BCUT2D eigenvalue weighted by atomic mass is 10.2. The molecule has 0 radical (unpaired) electrons. The maximum Gasteiger partial charge on any atom is 0.114 e. The molecule has 0 amide bonds. The molecule has 1 aliphatic carbocycles. The van der Waals surface area contributed by atoms with Gasteiger partial charge in [0.15, 0.2) is 0 Å². The maximum absolute atomic E-state index is 9.91. The molecule has 1 heterocycles. The molecule has 1 aliphatic rings. The molecule has 2 rings (SSSR count). The molecule has 2 unspecified atom stereocenters. The number of thiophene rings is 1. The summed E-state index contributed by atoms with van der Waals surface area (Å²) in [5.74, 6) is 0.451. The van der Waals surface area contributed by atoms with Gasteiger partial charge in [0, 0.05) is 16.9 Å². The topological polar surface area (TPSA) is 49.7 Å². The van der Waals surface area contributed by atoms with Crippen LogP contribution in [-0.4, -0.2) is 23.9 Å². The lowest BCUT2D eigenvalue weighted by molar-refractivity contribution is 0.0509.